The van der Waals surface area contributed by atoms with Gasteiger partial charge in [0.1, 0.15) is 5.15 Å². The van der Waals surface area contributed by atoms with Gasteiger partial charge in [0, 0.05) is 38.8 Å². The van der Waals surface area contributed by atoms with Crippen LogP contribution in [0.1, 0.15) is 38.7 Å². The molecule has 2 heterocycles. The van der Waals surface area contributed by atoms with Gasteiger partial charge >= 0.3 is 0 Å². The van der Waals surface area contributed by atoms with Gasteiger partial charge in [-0.25, -0.2) is 4.98 Å². The maximum absolute atomic E-state index is 12.3. The van der Waals surface area contributed by atoms with Gasteiger partial charge in [-0.3, -0.25) is 9.79 Å². The number of aromatic nitrogens is 1. The molecule has 1 aromatic rings. The zero-order chi connectivity index (χ0) is 18.8. The van der Waals surface area contributed by atoms with Crippen LogP contribution in [0.4, 0.5) is 0 Å². The molecule has 1 aromatic heterocycles. The van der Waals surface area contributed by atoms with Crippen LogP contribution in [0, 0.1) is 5.92 Å². The SMILES string of the molecule is CCNC(=NCCC(=O)N1CCCC(C)C1)NCCc1ccc(Cl)nc1.I. The van der Waals surface area contributed by atoms with E-state index >= 15 is 0 Å². The Morgan fingerprint density at radius 1 is 1.41 bits per heavy atom. The number of piperidine rings is 1. The maximum Gasteiger partial charge on any atom is 0.224 e. The first-order valence-corrected chi connectivity index (χ1v) is 9.86. The molecule has 0 aromatic carbocycles. The smallest absolute Gasteiger partial charge is 0.224 e. The van der Waals surface area contributed by atoms with E-state index in [4.69, 9.17) is 11.6 Å². The lowest BCUT2D eigenvalue weighted by molar-refractivity contribution is -0.132. The predicted molar refractivity (Wildman–Crippen MR) is 122 cm³/mol. The largest absolute Gasteiger partial charge is 0.357 e. The number of likely N-dealkylation sites (tertiary alicyclic amines) is 1. The molecule has 1 saturated heterocycles. The van der Waals surface area contributed by atoms with Gasteiger partial charge in [-0.15, -0.1) is 24.0 Å². The number of hydrogen-bond donors (Lipinski definition) is 2. The lowest BCUT2D eigenvalue weighted by Crippen LogP contribution is -2.40. The van der Waals surface area contributed by atoms with E-state index in [0.717, 1.165) is 50.5 Å². The van der Waals surface area contributed by atoms with Crippen molar-refractivity contribution < 1.29 is 4.79 Å². The number of nitrogens with one attached hydrogen (secondary N) is 2. The quantitative estimate of drug-likeness (QED) is 0.258. The standard InChI is InChI=1S/C19H30ClN5O.HI/c1-3-21-19(22-10-8-16-6-7-17(20)24-13-16)23-11-9-18(26)25-12-4-5-15(2)14-25;/h6-7,13,15H,3-5,8-12,14H2,1-2H3,(H2,21,22,23);1H. The molecule has 6 nitrogen and oxygen atoms in total. The molecular weight excluding hydrogens is 477 g/mol. The van der Waals surface area contributed by atoms with Crippen molar-refractivity contribution in [1.82, 2.24) is 20.5 Å². The van der Waals surface area contributed by atoms with Crippen molar-refractivity contribution in [2.75, 3.05) is 32.7 Å². The van der Waals surface area contributed by atoms with E-state index in [-0.39, 0.29) is 29.9 Å². The third-order valence-corrected chi connectivity index (χ3v) is 4.67. The number of hydrogen-bond acceptors (Lipinski definition) is 3. The Morgan fingerprint density at radius 3 is 2.89 bits per heavy atom. The van der Waals surface area contributed by atoms with E-state index in [0.29, 0.717) is 24.0 Å². The van der Waals surface area contributed by atoms with E-state index < -0.39 is 0 Å². The summed E-state index contributed by atoms with van der Waals surface area (Å²) < 4.78 is 0. The Kier molecular flexibility index (Phi) is 11.7. The molecule has 1 amide bonds. The highest BCUT2D eigenvalue weighted by Crippen LogP contribution is 2.16. The van der Waals surface area contributed by atoms with Crippen LogP contribution in [0.25, 0.3) is 0 Å². The van der Waals surface area contributed by atoms with Gasteiger partial charge in [0.15, 0.2) is 5.96 Å². The molecule has 0 saturated carbocycles. The van der Waals surface area contributed by atoms with Crippen LogP contribution >= 0.6 is 35.6 Å². The Morgan fingerprint density at radius 2 is 2.22 bits per heavy atom. The van der Waals surface area contributed by atoms with Gasteiger partial charge in [0.25, 0.3) is 0 Å². The first-order valence-electron chi connectivity index (χ1n) is 9.49. The number of nitrogens with zero attached hydrogens (tertiary/aromatic N) is 3. The highest BCUT2D eigenvalue weighted by Gasteiger charge is 2.20. The number of carbonyl (C=O) groups excluding carboxylic acids is 1. The zero-order valence-electron chi connectivity index (χ0n) is 16.2. The fourth-order valence-electron chi connectivity index (χ4n) is 3.06. The number of pyridine rings is 1. The molecule has 27 heavy (non-hydrogen) atoms. The minimum Gasteiger partial charge on any atom is -0.357 e. The first-order chi connectivity index (χ1) is 12.6. The molecule has 0 spiro atoms. The van der Waals surface area contributed by atoms with Crippen molar-refractivity contribution in [3.05, 3.63) is 29.0 Å². The minimum atomic E-state index is 0. The monoisotopic (exact) mass is 507 g/mol. The molecule has 0 aliphatic carbocycles. The normalized spacial score (nSPS) is 17.2. The summed E-state index contributed by atoms with van der Waals surface area (Å²) in [6, 6.07) is 3.77. The summed E-state index contributed by atoms with van der Waals surface area (Å²) in [5, 5.41) is 7.02. The second-order valence-corrected chi connectivity index (χ2v) is 7.15. The molecule has 1 aliphatic heterocycles. The van der Waals surface area contributed by atoms with Crippen molar-refractivity contribution in [2.45, 2.75) is 39.5 Å². The Balaban J connectivity index is 0.00000364. The molecule has 8 heteroatoms. The number of amides is 1. The van der Waals surface area contributed by atoms with Crippen LogP contribution in [0.3, 0.4) is 0 Å². The molecular formula is C19H31ClIN5O. The van der Waals surface area contributed by atoms with Gasteiger partial charge in [0.2, 0.25) is 5.91 Å². The Labute approximate surface area is 184 Å². The summed E-state index contributed by atoms with van der Waals surface area (Å²) in [5.41, 5.74) is 1.12. The average Bonchev–Trinajstić information content (AvgIpc) is 2.63. The van der Waals surface area contributed by atoms with Crippen LogP contribution in [-0.4, -0.2) is 54.5 Å². The molecule has 1 atom stereocenters. The topological polar surface area (TPSA) is 69.6 Å². The van der Waals surface area contributed by atoms with E-state index in [1.54, 1.807) is 12.3 Å². The number of halogens is 2. The average molecular weight is 508 g/mol. The molecule has 2 N–H and O–H groups in total. The highest BCUT2D eigenvalue weighted by atomic mass is 127. The molecule has 1 fully saturated rings. The Bertz CT molecular complexity index is 596. The van der Waals surface area contributed by atoms with E-state index in [2.05, 4.69) is 27.5 Å². The van der Waals surface area contributed by atoms with Crippen molar-refractivity contribution in [2.24, 2.45) is 10.9 Å². The molecule has 0 radical (unpaired) electrons. The van der Waals surface area contributed by atoms with Gasteiger partial charge in [-0.1, -0.05) is 24.6 Å². The third kappa shape index (κ3) is 9.10. The van der Waals surface area contributed by atoms with Crippen molar-refractivity contribution in [3.63, 3.8) is 0 Å². The van der Waals surface area contributed by atoms with Crippen LogP contribution < -0.4 is 10.6 Å². The number of carbonyl (C=O) groups is 1. The summed E-state index contributed by atoms with van der Waals surface area (Å²) in [4.78, 5) is 22.9. The zero-order valence-corrected chi connectivity index (χ0v) is 19.3. The third-order valence-electron chi connectivity index (χ3n) is 4.44. The van der Waals surface area contributed by atoms with Gasteiger partial charge in [0.05, 0.1) is 6.54 Å². The Hall–Kier alpha value is -1.09. The van der Waals surface area contributed by atoms with Crippen LogP contribution in [-0.2, 0) is 11.2 Å². The number of guanidine groups is 1. The molecule has 2 rings (SSSR count). The summed E-state index contributed by atoms with van der Waals surface area (Å²) in [5.74, 6) is 1.56. The lowest BCUT2D eigenvalue weighted by atomic mass is 10.00. The summed E-state index contributed by atoms with van der Waals surface area (Å²) >= 11 is 5.80. The summed E-state index contributed by atoms with van der Waals surface area (Å²) in [6.45, 7) is 8.04. The van der Waals surface area contributed by atoms with Crippen molar-refractivity contribution >= 4 is 47.4 Å². The number of rotatable bonds is 7. The molecule has 1 unspecified atom stereocenters. The van der Waals surface area contributed by atoms with Crippen molar-refractivity contribution in [1.29, 1.82) is 0 Å². The van der Waals surface area contributed by atoms with Gasteiger partial charge in [-0.05, 0) is 43.7 Å². The molecule has 152 valence electrons. The summed E-state index contributed by atoms with van der Waals surface area (Å²) in [7, 11) is 0. The summed E-state index contributed by atoms with van der Waals surface area (Å²) in [6.07, 6.45) is 5.41. The van der Waals surface area contributed by atoms with Gasteiger partial charge in [-0.2, -0.15) is 0 Å². The second-order valence-electron chi connectivity index (χ2n) is 6.76. The van der Waals surface area contributed by atoms with E-state index in [1.807, 2.05) is 17.9 Å². The van der Waals surface area contributed by atoms with Crippen LogP contribution in [0.5, 0.6) is 0 Å². The predicted octanol–water partition coefficient (Wildman–Crippen LogP) is 3.10. The van der Waals surface area contributed by atoms with Crippen molar-refractivity contribution in [3.8, 4) is 0 Å². The van der Waals surface area contributed by atoms with E-state index in [1.165, 1.54) is 6.42 Å². The lowest BCUT2D eigenvalue weighted by Gasteiger charge is -2.30. The van der Waals surface area contributed by atoms with Gasteiger partial charge < -0.3 is 15.5 Å². The highest BCUT2D eigenvalue weighted by molar-refractivity contribution is 14.0. The first kappa shape index (κ1) is 23.9. The fraction of sp³-hybridized carbons (Fsp3) is 0.632. The number of aliphatic imine (C=N–C) groups is 1. The maximum atomic E-state index is 12.3. The van der Waals surface area contributed by atoms with Crippen LogP contribution in [0.15, 0.2) is 23.3 Å². The fourth-order valence-corrected chi connectivity index (χ4v) is 3.17. The second kappa shape index (κ2) is 13.1. The minimum absolute atomic E-state index is 0. The van der Waals surface area contributed by atoms with Crippen LogP contribution in [0.2, 0.25) is 5.15 Å². The van der Waals surface area contributed by atoms with E-state index in [9.17, 15) is 4.79 Å². The molecule has 1 aliphatic rings. The molecule has 0 bridgehead atoms.